The van der Waals surface area contributed by atoms with Crippen LogP contribution in [0.4, 0.5) is 5.69 Å². The molecule has 0 spiro atoms. The number of anilines is 1. The van der Waals surface area contributed by atoms with Gasteiger partial charge in [0.1, 0.15) is 0 Å². The number of aromatic nitrogens is 3. The second-order valence-corrected chi connectivity index (χ2v) is 8.21. The van der Waals surface area contributed by atoms with E-state index in [2.05, 4.69) is 10.3 Å². The fourth-order valence-corrected chi connectivity index (χ4v) is 4.29. The van der Waals surface area contributed by atoms with E-state index < -0.39 is 5.60 Å². The van der Waals surface area contributed by atoms with Crippen LogP contribution in [0, 0.1) is 5.92 Å². The highest BCUT2D eigenvalue weighted by Gasteiger charge is 2.51. The highest BCUT2D eigenvalue weighted by atomic mass is 16.3. The van der Waals surface area contributed by atoms with Crippen molar-refractivity contribution < 1.29 is 15.0 Å². The number of hydrogen-bond acceptors (Lipinski definition) is 5. The highest BCUT2D eigenvalue weighted by molar-refractivity contribution is 6.06. The monoisotopic (exact) mass is 432 g/mol. The van der Waals surface area contributed by atoms with E-state index in [0.717, 1.165) is 16.9 Å². The zero-order chi connectivity index (χ0) is 22.7. The van der Waals surface area contributed by atoms with E-state index in [1.54, 1.807) is 11.7 Å². The van der Waals surface area contributed by atoms with Gasteiger partial charge < -0.3 is 15.1 Å². The van der Waals surface area contributed by atoms with E-state index in [1.165, 1.54) is 4.90 Å². The smallest absolute Gasteiger partial charge is 0.264 e. The molecule has 32 heavy (non-hydrogen) atoms. The largest absolute Gasteiger partial charge is 0.395 e. The summed E-state index contributed by atoms with van der Waals surface area (Å²) in [4.78, 5) is 14.3. The number of para-hydroxylation sites is 1. The number of carbonyl (C=O) groups excluding carboxylic acids is 1. The van der Waals surface area contributed by atoms with Crippen molar-refractivity contribution >= 4 is 11.6 Å². The van der Waals surface area contributed by atoms with Crippen molar-refractivity contribution in [2.24, 2.45) is 5.92 Å². The number of allylic oxidation sites excluding steroid dienone is 1. The molecule has 1 aliphatic heterocycles. The standard InChI is InChI=1S/C25H28N4O3/c1-18(25(32)21-13-6-7-14-23(21)28(2)24(25)31)10-8-9-15-29-16-22(26-27-29)20(17-30)19-11-4-3-5-12-19/h3-8,10-14,16,18,20,30,32H,9,15,17H2,1-2H3/b10-8+/t18-,20?,25+/m0/s1. The van der Waals surface area contributed by atoms with Gasteiger partial charge in [0.2, 0.25) is 0 Å². The van der Waals surface area contributed by atoms with Crippen LogP contribution in [0.15, 0.2) is 72.9 Å². The first kappa shape index (κ1) is 21.9. The molecule has 0 saturated carbocycles. The average molecular weight is 433 g/mol. The van der Waals surface area contributed by atoms with Gasteiger partial charge in [-0.1, -0.05) is 72.8 Å². The Hall–Kier alpha value is -3.29. The molecular weight excluding hydrogens is 404 g/mol. The lowest BCUT2D eigenvalue weighted by atomic mass is 9.83. The van der Waals surface area contributed by atoms with Crippen molar-refractivity contribution in [2.75, 3.05) is 18.6 Å². The van der Waals surface area contributed by atoms with Gasteiger partial charge in [-0.25, -0.2) is 0 Å². The summed E-state index contributed by atoms with van der Waals surface area (Å²) in [5, 5.41) is 29.5. The molecule has 2 aromatic carbocycles. The molecule has 2 N–H and O–H groups in total. The number of rotatable bonds is 8. The maximum atomic E-state index is 12.8. The van der Waals surface area contributed by atoms with Crippen molar-refractivity contribution in [3.05, 3.63) is 89.8 Å². The number of fused-ring (bicyclic) bond motifs is 1. The predicted octanol–water partition coefficient (Wildman–Crippen LogP) is 2.85. The Kier molecular flexibility index (Phi) is 6.21. The molecule has 1 amide bonds. The molecule has 3 aromatic rings. The van der Waals surface area contributed by atoms with Gasteiger partial charge in [-0.15, -0.1) is 5.10 Å². The fraction of sp³-hybridized carbons (Fsp3) is 0.320. The van der Waals surface area contributed by atoms with Crippen LogP contribution in [-0.2, 0) is 16.9 Å². The summed E-state index contributed by atoms with van der Waals surface area (Å²) >= 11 is 0. The van der Waals surface area contributed by atoms with Crippen LogP contribution in [0.1, 0.15) is 36.1 Å². The molecule has 1 unspecified atom stereocenters. The molecule has 0 bridgehead atoms. The van der Waals surface area contributed by atoms with Gasteiger partial charge in [0.25, 0.3) is 5.91 Å². The van der Waals surface area contributed by atoms with Gasteiger partial charge in [0, 0.05) is 31.3 Å². The first-order chi connectivity index (χ1) is 15.5. The van der Waals surface area contributed by atoms with E-state index in [0.29, 0.717) is 18.5 Å². The summed E-state index contributed by atoms with van der Waals surface area (Å²) in [6.45, 7) is 2.41. The first-order valence-corrected chi connectivity index (χ1v) is 10.8. The lowest BCUT2D eigenvalue weighted by molar-refractivity contribution is -0.139. The molecule has 3 atom stereocenters. The van der Waals surface area contributed by atoms with Crippen LogP contribution in [0.25, 0.3) is 0 Å². The molecule has 4 rings (SSSR count). The number of amides is 1. The minimum absolute atomic E-state index is 0.0390. The van der Waals surface area contributed by atoms with Crippen LogP contribution in [0.2, 0.25) is 0 Å². The van der Waals surface area contributed by atoms with Crippen LogP contribution in [-0.4, -0.2) is 44.8 Å². The number of likely N-dealkylation sites (N-methyl/N-ethyl adjacent to an activating group) is 1. The molecule has 1 aliphatic rings. The molecule has 0 aliphatic carbocycles. The van der Waals surface area contributed by atoms with Crippen molar-refractivity contribution in [3.8, 4) is 0 Å². The SMILES string of the molecule is C[C@@H](/C=C/CCn1cc(C(CO)c2ccccc2)nn1)[C@]1(O)C(=O)N(C)c2ccccc21. The zero-order valence-corrected chi connectivity index (χ0v) is 18.3. The number of hydrogen-bond donors (Lipinski definition) is 2. The van der Waals surface area contributed by atoms with Crippen molar-refractivity contribution in [1.29, 1.82) is 0 Å². The van der Waals surface area contributed by atoms with Gasteiger partial charge in [-0.05, 0) is 18.1 Å². The summed E-state index contributed by atoms with van der Waals surface area (Å²) in [5.74, 6) is -0.905. The summed E-state index contributed by atoms with van der Waals surface area (Å²) < 4.78 is 1.74. The molecule has 2 heterocycles. The lowest BCUT2D eigenvalue weighted by Crippen LogP contribution is -2.43. The highest BCUT2D eigenvalue weighted by Crippen LogP contribution is 2.44. The molecule has 166 valence electrons. The summed E-state index contributed by atoms with van der Waals surface area (Å²) in [6, 6.07) is 17.1. The van der Waals surface area contributed by atoms with E-state index in [-0.39, 0.29) is 24.3 Å². The van der Waals surface area contributed by atoms with Crippen LogP contribution in [0.5, 0.6) is 0 Å². The van der Waals surface area contributed by atoms with Crippen LogP contribution >= 0.6 is 0 Å². The van der Waals surface area contributed by atoms with Gasteiger partial charge in [-0.2, -0.15) is 0 Å². The average Bonchev–Trinajstić information content (AvgIpc) is 3.36. The van der Waals surface area contributed by atoms with Gasteiger partial charge >= 0.3 is 0 Å². The van der Waals surface area contributed by atoms with Gasteiger partial charge in [0.05, 0.1) is 23.9 Å². The lowest BCUT2D eigenvalue weighted by Gasteiger charge is -2.26. The van der Waals surface area contributed by atoms with Crippen molar-refractivity contribution in [2.45, 2.75) is 31.4 Å². The zero-order valence-electron chi connectivity index (χ0n) is 18.3. The minimum atomic E-state index is -1.56. The topological polar surface area (TPSA) is 91.5 Å². The molecule has 1 aromatic heterocycles. The normalized spacial score (nSPS) is 20.0. The fourth-order valence-electron chi connectivity index (χ4n) is 4.29. The number of aryl methyl sites for hydroxylation is 1. The third-order valence-corrected chi connectivity index (χ3v) is 6.21. The summed E-state index contributed by atoms with van der Waals surface area (Å²) in [7, 11) is 1.69. The second-order valence-electron chi connectivity index (χ2n) is 8.21. The maximum Gasteiger partial charge on any atom is 0.264 e. The molecular formula is C25H28N4O3. The third kappa shape index (κ3) is 3.85. The molecule has 0 saturated heterocycles. The number of nitrogens with zero attached hydrogens (tertiary/aromatic N) is 4. The van der Waals surface area contributed by atoms with Crippen molar-refractivity contribution in [1.82, 2.24) is 15.0 Å². The Labute approximate surface area is 187 Å². The van der Waals surface area contributed by atoms with Crippen LogP contribution < -0.4 is 4.90 Å². The van der Waals surface area contributed by atoms with Crippen molar-refractivity contribution in [3.63, 3.8) is 0 Å². The number of carbonyl (C=O) groups is 1. The molecule has 0 fully saturated rings. The summed E-state index contributed by atoms with van der Waals surface area (Å²) in [6.07, 6.45) is 6.36. The molecule has 0 radical (unpaired) electrons. The number of benzene rings is 2. The Morgan fingerprint density at radius 1 is 1.12 bits per heavy atom. The Bertz CT molecular complexity index is 1110. The van der Waals surface area contributed by atoms with Gasteiger partial charge in [0.15, 0.2) is 5.60 Å². The maximum absolute atomic E-state index is 12.8. The quantitative estimate of drug-likeness (QED) is 0.534. The first-order valence-electron chi connectivity index (χ1n) is 10.8. The Morgan fingerprint density at radius 2 is 1.84 bits per heavy atom. The minimum Gasteiger partial charge on any atom is -0.395 e. The Morgan fingerprint density at radius 3 is 2.59 bits per heavy atom. The predicted molar refractivity (Wildman–Crippen MR) is 122 cm³/mol. The van der Waals surface area contributed by atoms with E-state index >= 15 is 0 Å². The number of aliphatic hydroxyl groups is 2. The molecule has 7 heteroatoms. The number of aliphatic hydroxyl groups excluding tert-OH is 1. The second kappa shape index (κ2) is 9.06. The van der Waals surface area contributed by atoms with Crippen LogP contribution in [0.3, 0.4) is 0 Å². The Balaban J connectivity index is 1.40. The molecule has 7 nitrogen and oxygen atoms in total. The van der Waals surface area contributed by atoms with E-state index in [4.69, 9.17) is 0 Å². The van der Waals surface area contributed by atoms with E-state index in [9.17, 15) is 15.0 Å². The third-order valence-electron chi connectivity index (χ3n) is 6.21. The summed E-state index contributed by atoms with van der Waals surface area (Å²) in [5.41, 5.74) is 1.54. The van der Waals surface area contributed by atoms with Gasteiger partial charge in [-0.3, -0.25) is 9.48 Å². The van der Waals surface area contributed by atoms with E-state index in [1.807, 2.05) is 79.9 Å².